The van der Waals surface area contributed by atoms with Gasteiger partial charge in [0.05, 0.1) is 18.7 Å². The molecular formula is C15H17ClN2O2. The summed E-state index contributed by atoms with van der Waals surface area (Å²) in [4.78, 5) is 17.7. The molecule has 2 aromatic rings. The zero-order valence-corrected chi connectivity index (χ0v) is 12.4. The molecule has 0 aliphatic rings. The number of hydrogen-bond acceptors (Lipinski definition) is 4. The smallest absolute Gasteiger partial charge is 0.320 e. The van der Waals surface area contributed by atoms with E-state index >= 15 is 0 Å². The molecule has 0 spiro atoms. The number of carbonyl (C=O) groups excluding carboxylic acids is 1. The van der Waals surface area contributed by atoms with Crippen molar-refractivity contribution in [1.29, 1.82) is 0 Å². The number of pyridine rings is 1. The Morgan fingerprint density at radius 3 is 3.00 bits per heavy atom. The molecule has 1 aromatic carbocycles. The van der Waals surface area contributed by atoms with Crippen LogP contribution in [0.3, 0.4) is 0 Å². The number of esters is 1. The van der Waals surface area contributed by atoms with Crippen LogP contribution in [0, 0.1) is 0 Å². The molecule has 0 radical (unpaired) electrons. The first-order chi connectivity index (χ1) is 9.60. The number of ether oxygens (including phenoxy) is 1. The molecule has 5 heteroatoms. The van der Waals surface area contributed by atoms with Gasteiger partial charge in [-0.2, -0.15) is 0 Å². The van der Waals surface area contributed by atoms with E-state index in [9.17, 15) is 4.79 Å². The van der Waals surface area contributed by atoms with Gasteiger partial charge in [0.15, 0.2) is 0 Å². The number of nitrogens with zero attached hydrogens (tertiary/aromatic N) is 2. The molecule has 106 valence electrons. The predicted octanol–water partition coefficient (Wildman–Crippen LogP) is 2.88. The molecule has 0 atom stereocenters. The van der Waals surface area contributed by atoms with Crippen LogP contribution in [0.5, 0.6) is 0 Å². The number of rotatable bonds is 5. The SMILES string of the molecule is CCOC(=O)CN(C)Cc1cc(Cl)cc2cccnc12. The van der Waals surface area contributed by atoms with E-state index in [0.717, 1.165) is 16.5 Å². The standard InChI is InChI=1S/C15H17ClN2O2/c1-3-20-14(19)10-18(2)9-12-8-13(16)7-11-5-4-6-17-15(11)12/h4-8H,3,9-10H2,1-2H3. The van der Waals surface area contributed by atoms with E-state index in [1.54, 1.807) is 13.1 Å². The Morgan fingerprint density at radius 2 is 2.25 bits per heavy atom. The second-order valence-corrected chi connectivity index (χ2v) is 5.05. The fourth-order valence-corrected chi connectivity index (χ4v) is 2.37. The van der Waals surface area contributed by atoms with Crippen molar-refractivity contribution in [3.05, 3.63) is 41.0 Å². The fourth-order valence-electron chi connectivity index (χ4n) is 2.12. The maximum absolute atomic E-state index is 11.5. The molecule has 1 aromatic heterocycles. The highest BCUT2D eigenvalue weighted by molar-refractivity contribution is 6.31. The summed E-state index contributed by atoms with van der Waals surface area (Å²) in [6.07, 6.45) is 1.76. The third-order valence-electron chi connectivity index (χ3n) is 2.89. The lowest BCUT2D eigenvalue weighted by Gasteiger charge is -2.16. The van der Waals surface area contributed by atoms with Crippen LogP contribution in [0.2, 0.25) is 5.02 Å². The van der Waals surface area contributed by atoms with E-state index in [1.165, 1.54) is 0 Å². The average molecular weight is 293 g/mol. The highest BCUT2D eigenvalue weighted by Gasteiger charge is 2.11. The fraction of sp³-hybridized carbons (Fsp3) is 0.333. The van der Waals surface area contributed by atoms with Crippen molar-refractivity contribution in [3.63, 3.8) is 0 Å². The van der Waals surface area contributed by atoms with Crippen molar-refractivity contribution in [2.75, 3.05) is 20.2 Å². The summed E-state index contributed by atoms with van der Waals surface area (Å²) < 4.78 is 4.94. The minimum absolute atomic E-state index is 0.228. The van der Waals surface area contributed by atoms with Crippen LogP contribution in [0.25, 0.3) is 10.9 Å². The Labute approximate surface area is 123 Å². The van der Waals surface area contributed by atoms with Gasteiger partial charge in [-0.1, -0.05) is 17.7 Å². The Bertz CT molecular complexity index is 616. The summed E-state index contributed by atoms with van der Waals surface area (Å²) in [5.74, 6) is -0.228. The third-order valence-corrected chi connectivity index (χ3v) is 3.11. The summed E-state index contributed by atoms with van der Waals surface area (Å²) in [5, 5.41) is 1.67. The average Bonchev–Trinajstić information content (AvgIpc) is 2.38. The van der Waals surface area contributed by atoms with Gasteiger partial charge in [0.25, 0.3) is 0 Å². The van der Waals surface area contributed by atoms with E-state index in [-0.39, 0.29) is 12.5 Å². The molecule has 2 rings (SSSR count). The van der Waals surface area contributed by atoms with Crippen molar-refractivity contribution in [1.82, 2.24) is 9.88 Å². The molecule has 0 unspecified atom stereocenters. The Balaban J connectivity index is 2.18. The second-order valence-electron chi connectivity index (χ2n) is 4.62. The van der Waals surface area contributed by atoms with Gasteiger partial charge in [-0.25, -0.2) is 0 Å². The Hall–Kier alpha value is -1.65. The van der Waals surface area contributed by atoms with Crippen LogP contribution in [0.15, 0.2) is 30.5 Å². The Morgan fingerprint density at radius 1 is 1.45 bits per heavy atom. The van der Waals surface area contributed by atoms with E-state index in [1.807, 2.05) is 36.2 Å². The highest BCUT2D eigenvalue weighted by Crippen LogP contribution is 2.23. The van der Waals surface area contributed by atoms with Gasteiger partial charge >= 0.3 is 5.97 Å². The minimum Gasteiger partial charge on any atom is -0.465 e. The topological polar surface area (TPSA) is 42.4 Å². The molecule has 0 saturated heterocycles. The maximum Gasteiger partial charge on any atom is 0.320 e. The summed E-state index contributed by atoms with van der Waals surface area (Å²) >= 11 is 6.12. The molecule has 0 N–H and O–H groups in total. The first-order valence-electron chi connectivity index (χ1n) is 6.47. The monoisotopic (exact) mass is 292 g/mol. The van der Waals surface area contributed by atoms with Crippen LogP contribution in [0.1, 0.15) is 12.5 Å². The largest absolute Gasteiger partial charge is 0.465 e. The van der Waals surface area contributed by atoms with Gasteiger partial charge in [-0.15, -0.1) is 0 Å². The molecule has 0 aliphatic carbocycles. The first-order valence-corrected chi connectivity index (χ1v) is 6.85. The van der Waals surface area contributed by atoms with E-state index in [4.69, 9.17) is 16.3 Å². The number of fused-ring (bicyclic) bond motifs is 1. The highest BCUT2D eigenvalue weighted by atomic mass is 35.5. The van der Waals surface area contributed by atoms with Crippen LogP contribution in [-0.4, -0.2) is 36.1 Å². The van der Waals surface area contributed by atoms with Gasteiger partial charge in [0, 0.05) is 23.2 Å². The quantitative estimate of drug-likeness (QED) is 0.795. The lowest BCUT2D eigenvalue weighted by atomic mass is 10.1. The summed E-state index contributed by atoms with van der Waals surface area (Å²) in [6.45, 7) is 3.03. The minimum atomic E-state index is -0.228. The van der Waals surface area contributed by atoms with E-state index < -0.39 is 0 Å². The van der Waals surface area contributed by atoms with Crippen molar-refractivity contribution in [3.8, 4) is 0 Å². The molecule has 1 heterocycles. The van der Waals surface area contributed by atoms with Gasteiger partial charge in [0.2, 0.25) is 0 Å². The van der Waals surface area contributed by atoms with Crippen LogP contribution >= 0.6 is 11.6 Å². The summed E-state index contributed by atoms with van der Waals surface area (Å²) in [5.41, 5.74) is 1.91. The number of carbonyl (C=O) groups is 1. The van der Waals surface area contributed by atoms with Crippen LogP contribution in [0.4, 0.5) is 0 Å². The van der Waals surface area contributed by atoms with Gasteiger partial charge in [-0.05, 0) is 37.7 Å². The number of aromatic nitrogens is 1. The predicted molar refractivity (Wildman–Crippen MR) is 79.7 cm³/mol. The zero-order valence-electron chi connectivity index (χ0n) is 11.6. The number of benzene rings is 1. The van der Waals surface area contributed by atoms with Gasteiger partial charge in [0.1, 0.15) is 0 Å². The molecule has 0 bridgehead atoms. The number of halogens is 1. The molecule has 0 aliphatic heterocycles. The third kappa shape index (κ3) is 3.68. The van der Waals surface area contributed by atoms with Crippen molar-refractivity contribution < 1.29 is 9.53 Å². The first kappa shape index (κ1) is 14.8. The number of hydrogen-bond donors (Lipinski definition) is 0. The van der Waals surface area contributed by atoms with Crippen molar-refractivity contribution >= 4 is 28.5 Å². The maximum atomic E-state index is 11.5. The van der Waals surface area contributed by atoms with Crippen molar-refractivity contribution in [2.45, 2.75) is 13.5 Å². The molecule has 0 amide bonds. The number of likely N-dealkylation sites (N-methyl/N-ethyl adjacent to an activating group) is 1. The molecule has 0 saturated carbocycles. The zero-order chi connectivity index (χ0) is 14.5. The van der Waals surface area contributed by atoms with Crippen molar-refractivity contribution in [2.24, 2.45) is 0 Å². The van der Waals surface area contributed by atoms with Gasteiger partial charge < -0.3 is 4.74 Å². The van der Waals surface area contributed by atoms with Gasteiger partial charge in [-0.3, -0.25) is 14.7 Å². The van der Waals surface area contributed by atoms with Crippen LogP contribution < -0.4 is 0 Å². The van der Waals surface area contributed by atoms with E-state index in [2.05, 4.69) is 4.98 Å². The van der Waals surface area contributed by atoms with Crippen LogP contribution in [-0.2, 0) is 16.1 Å². The Kier molecular flexibility index (Phi) is 4.93. The summed E-state index contributed by atoms with van der Waals surface area (Å²) in [6, 6.07) is 7.63. The second kappa shape index (κ2) is 6.68. The normalized spacial score (nSPS) is 11.0. The molecule has 4 nitrogen and oxygen atoms in total. The summed E-state index contributed by atoms with van der Waals surface area (Å²) in [7, 11) is 1.87. The van der Waals surface area contributed by atoms with E-state index in [0.29, 0.717) is 18.2 Å². The molecule has 0 fully saturated rings. The lowest BCUT2D eigenvalue weighted by Crippen LogP contribution is -2.27. The molecule has 20 heavy (non-hydrogen) atoms. The lowest BCUT2D eigenvalue weighted by molar-refractivity contribution is -0.144. The molecular weight excluding hydrogens is 276 g/mol.